The predicted molar refractivity (Wildman–Crippen MR) is 134 cm³/mol. The smallest absolute Gasteiger partial charge is 0.255 e. The zero-order valence-electron chi connectivity index (χ0n) is 20.3. The summed E-state index contributed by atoms with van der Waals surface area (Å²) in [5.41, 5.74) is 1.95. The van der Waals surface area contributed by atoms with E-state index in [0.717, 1.165) is 46.3 Å². The molecule has 4 saturated carbocycles. The Bertz CT molecular complexity index is 1240. The summed E-state index contributed by atoms with van der Waals surface area (Å²) in [5, 5.41) is 6.27. The lowest BCUT2D eigenvalue weighted by molar-refractivity contribution is -0.136. The molecule has 6 aliphatic rings. The Kier molecular flexibility index (Phi) is 5.33. The van der Waals surface area contributed by atoms with E-state index < -0.39 is 6.04 Å². The SMILES string of the molecule is O=C1CCC(N2Cc3c(SCc4ccc(CNC56CC7CC(CC5C7)C6)o4)cccc3C2=O)C(=O)N1. The fourth-order valence-corrected chi connectivity index (χ4v) is 8.76. The fraction of sp³-hybridized carbons (Fsp3) is 0.536. The zero-order chi connectivity index (χ0) is 24.4. The van der Waals surface area contributed by atoms with Crippen LogP contribution in [0.1, 0.15) is 72.4 Å². The van der Waals surface area contributed by atoms with Gasteiger partial charge in [0, 0.05) is 29.0 Å². The summed E-state index contributed by atoms with van der Waals surface area (Å²) >= 11 is 1.66. The molecule has 4 aliphatic carbocycles. The van der Waals surface area contributed by atoms with Crippen LogP contribution in [0.5, 0.6) is 0 Å². The molecule has 3 unspecified atom stereocenters. The number of hydrogen-bond donors (Lipinski definition) is 2. The Morgan fingerprint density at radius 3 is 2.67 bits per heavy atom. The predicted octanol–water partition coefficient (Wildman–Crippen LogP) is 4.00. The van der Waals surface area contributed by atoms with Crippen LogP contribution in [0.3, 0.4) is 0 Å². The number of piperidine rings is 1. The van der Waals surface area contributed by atoms with Crippen LogP contribution in [0, 0.1) is 17.8 Å². The van der Waals surface area contributed by atoms with Gasteiger partial charge in [-0.2, -0.15) is 0 Å². The Labute approximate surface area is 214 Å². The van der Waals surface area contributed by atoms with Gasteiger partial charge in [-0.05, 0) is 86.1 Å². The molecule has 188 valence electrons. The zero-order valence-corrected chi connectivity index (χ0v) is 21.1. The first-order chi connectivity index (χ1) is 17.5. The monoisotopic (exact) mass is 505 g/mol. The average Bonchev–Trinajstić information content (AvgIpc) is 3.57. The molecular weight excluding hydrogens is 474 g/mol. The molecule has 0 spiro atoms. The highest BCUT2D eigenvalue weighted by molar-refractivity contribution is 7.98. The molecule has 1 aromatic carbocycles. The van der Waals surface area contributed by atoms with Gasteiger partial charge in [-0.25, -0.2) is 0 Å². The van der Waals surface area contributed by atoms with Crippen molar-refractivity contribution < 1.29 is 18.8 Å². The summed E-state index contributed by atoms with van der Waals surface area (Å²) in [6, 6.07) is 9.31. The van der Waals surface area contributed by atoms with Crippen LogP contribution < -0.4 is 10.6 Å². The van der Waals surface area contributed by atoms with Crippen LogP contribution in [0.2, 0.25) is 0 Å². The number of hydrogen-bond acceptors (Lipinski definition) is 6. The molecule has 3 amide bonds. The summed E-state index contributed by atoms with van der Waals surface area (Å²) in [6.45, 7) is 1.18. The van der Waals surface area contributed by atoms with E-state index in [2.05, 4.69) is 22.8 Å². The molecule has 1 saturated heterocycles. The highest BCUT2D eigenvalue weighted by Gasteiger charge is 2.57. The number of carbonyl (C=O) groups is 3. The van der Waals surface area contributed by atoms with Gasteiger partial charge in [0.05, 0.1) is 12.3 Å². The van der Waals surface area contributed by atoms with Gasteiger partial charge < -0.3 is 14.6 Å². The Morgan fingerprint density at radius 1 is 1.06 bits per heavy atom. The minimum Gasteiger partial charge on any atom is -0.464 e. The van der Waals surface area contributed by atoms with Gasteiger partial charge in [-0.3, -0.25) is 19.7 Å². The standard InChI is InChI=1S/C28H31N3O4S/c32-25-7-6-23(26(33)30-25)31-14-22-21(27(31)34)2-1-3-24(22)36-15-20-5-4-19(35-20)13-29-28-11-16-8-17(12-28)10-18(28)9-16/h1-5,16-18,23,29H,6-15H2,(H,30,32,33). The third kappa shape index (κ3) is 3.72. The summed E-state index contributed by atoms with van der Waals surface area (Å²) in [6.07, 6.45) is 7.58. The van der Waals surface area contributed by atoms with Crippen molar-refractivity contribution in [2.75, 3.05) is 0 Å². The molecule has 5 fully saturated rings. The van der Waals surface area contributed by atoms with Crippen LogP contribution in [-0.2, 0) is 28.4 Å². The first kappa shape index (κ1) is 22.6. The lowest BCUT2D eigenvalue weighted by atomic mass is 9.80. The number of furan rings is 1. The number of fused-ring (bicyclic) bond motifs is 1. The average molecular weight is 506 g/mol. The molecule has 3 atom stereocenters. The number of amides is 3. The van der Waals surface area contributed by atoms with Crippen molar-refractivity contribution in [3.8, 4) is 0 Å². The first-order valence-electron chi connectivity index (χ1n) is 13.2. The molecule has 4 bridgehead atoms. The fourth-order valence-electron chi connectivity index (χ4n) is 7.78. The number of nitrogens with one attached hydrogen (secondary N) is 2. The first-order valence-corrected chi connectivity index (χ1v) is 14.2. The highest BCUT2D eigenvalue weighted by atomic mass is 32.2. The maximum atomic E-state index is 13.1. The molecule has 7 nitrogen and oxygen atoms in total. The van der Waals surface area contributed by atoms with Gasteiger partial charge >= 0.3 is 0 Å². The number of carbonyl (C=O) groups excluding carboxylic acids is 3. The van der Waals surface area contributed by atoms with E-state index in [-0.39, 0.29) is 24.1 Å². The van der Waals surface area contributed by atoms with Crippen molar-refractivity contribution in [2.24, 2.45) is 17.8 Å². The molecule has 0 radical (unpaired) electrons. The third-order valence-electron chi connectivity index (χ3n) is 9.23. The Balaban J connectivity index is 0.993. The van der Waals surface area contributed by atoms with Crippen molar-refractivity contribution in [3.63, 3.8) is 0 Å². The summed E-state index contributed by atoms with van der Waals surface area (Å²) < 4.78 is 6.18. The van der Waals surface area contributed by atoms with Crippen molar-refractivity contribution in [3.05, 3.63) is 53.0 Å². The van der Waals surface area contributed by atoms with E-state index in [9.17, 15) is 14.4 Å². The molecule has 2 aromatic rings. The van der Waals surface area contributed by atoms with Crippen molar-refractivity contribution in [1.29, 1.82) is 0 Å². The van der Waals surface area contributed by atoms with Crippen LogP contribution >= 0.6 is 11.8 Å². The summed E-state index contributed by atoms with van der Waals surface area (Å²) in [7, 11) is 0. The normalized spacial score (nSPS) is 32.4. The van der Waals surface area contributed by atoms with Gasteiger partial charge in [-0.1, -0.05) is 6.07 Å². The minimum atomic E-state index is -0.592. The van der Waals surface area contributed by atoms with E-state index in [1.54, 1.807) is 16.7 Å². The van der Waals surface area contributed by atoms with Crippen molar-refractivity contribution in [2.45, 2.75) is 80.3 Å². The van der Waals surface area contributed by atoms with Crippen LogP contribution in [0.4, 0.5) is 0 Å². The van der Waals surface area contributed by atoms with Crippen molar-refractivity contribution >= 4 is 29.5 Å². The largest absolute Gasteiger partial charge is 0.464 e. The molecule has 3 heterocycles. The minimum absolute atomic E-state index is 0.137. The van der Waals surface area contributed by atoms with Gasteiger partial charge in [0.1, 0.15) is 17.6 Å². The molecule has 36 heavy (non-hydrogen) atoms. The van der Waals surface area contributed by atoms with E-state index in [1.807, 2.05) is 18.2 Å². The highest BCUT2D eigenvalue weighted by Crippen LogP contribution is 2.60. The molecule has 8 heteroatoms. The third-order valence-corrected chi connectivity index (χ3v) is 10.4. The lowest BCUT2D eigenvalue weighted by Crippen LogP contribution is -2.52. The van der Waals surface area contributed by atoms with Crippen LogP contribution in [0.15, 0.2) is 39.6 Å². The summed E-state index contributed by atoms with van der Waals surface area (Å²) in [4.78, 5) is 39.6. The molecule has 1 aromatic heterocycles. The van der Waals surface area contributed by atoms with E-state index in [4.69, 9.17) is 4.42 Å². The molecule has 2 aliphatic heterocycles. The van der Waals surface area contributed by atoms with Gasteiger partial charge in [-0.15, -0.1) is 11.8 Å². The second-order valence-electron chi connectivity index (χ2n) is 11.4. The van der Waals surface area contributed by atoms with E-state index >= 15 is 0 Å². The number of rotatable bonds is 7. The quantitative estimate of drug-likeness (QED) is 0.437. The maximum absolute atomic E-state index is 13.1. The number of nitrogens with zero attached hydrogens (tertiary/aromatic N) is 1. The van der Waals surface area contributed by atoms with E-state index in [0.29, 0.717) is 29.8 Å². The molecule has 2 N–H and O–H groups in total. The number of thioether (sulfide) groups is 1. The molecular formula is C28H31N3O4S. The number of imide groups is 1. The Morgan fingerprint density at radius 2 is 1.86 bits per heavy atom. The second kappa shape index (κ2) is 8.48. The van der Waals surface area contributed by atoms with Gasteiger partial charge in [0.2, 0.25) is 11.8 Å². The topological polar surface area (TPSA) is 91.7 Å². The van der Waals surface area contributed by atoms with Crippen LogP contribution in [0.25, 0.3) is 0 Å². The molecule has 8 rings (SSSR count). The van der Waals surface area contributed by atoms with Crippen molar-refractivity contribution in [1.82, 2.24) is 15.5 Å². The van der Waals surface area contributed by atoms with Gasteiger partial charge in [0.25, 0.3) is 5.91 Å². The summed E-state index contributed by atoms with van der Waals surface area (Å²) in [5.74, 6) is 4.54. The van der Waals surface area contributed by atoms with E-state index in [1.165, 1.54) is 32.1 Å². The maximum Gasteiger partial charge on any atom is 0.255 e. The van der Waals surface area contributed by atoms with Crippen LogP contribution in [-0.4, -0.2) is 34.2 Å². The van der Waals surface area contributed by atoms with Gasteiger partial charge in [0.15, 0.2) is 0 Å². The second-order valence-corrected chi connectivity index (χ2v) is 12.4. The Hall–Kier alpha value is -2.58. The number of benzene rings is 1. The lowest BCUT2D eigenvalue weighted by Gasteiger charge is -2.33.